The lowest BCUT2D eigenvalue weighted by molar-refractivity contribution is -0.176. The second kappa shape index (κ2) is 12.0. The number of alkyl halides is 3. The molecule has 0 fully saturated rings. The SMILES string of the molecule is CN=C(NCCc1ccc(OC)c(OC)c1)NCc1cccc(COCC(F)(F)F)c1. The Morgan fingerprint density at radius 2 is 1.68 bits per heavy atom. The summed E-state index contributed by atoms with van der Waals surface area (Å²) in [6.45, 7) is -0.221. The lowest BCUT2D eigenvalue weighted by atomic mass is 10.1. The highest BCUT2D eigenvalue weighted by Crippen LogP contribution is 2.27. The van der Waals surface area contributed by atoms with Crippen molar-refractivity contribution in [1.82, 2.24) is 10.6 Å². The molecule has 0 aliphatic heterocycles. The molecule has 2 aromatic carbocycles. The van der Waals surface area contributed by atoms with Crippen LogP contribution in [0.1, 0.15) is 16.7 Å². The van der Waals surface area contributed by atoms with Crippen LogP contribution in [0.5, 0.6) is 11.5 Å². The molecular formula is C22H28F3N3O3. The molecule has 31 heavy (non-hydrogen) atoms. The molecule has 2 aromatic rings. The Morgan fingerprint density at radius 3 is 2.35 bits per heavy atom. The van der Waals surface area contributed by atoms with Gasteiger partial charge in [0.05, 0.1) is 20.8 Å². The van der Waals surface area contributed by atoms with Gasteiger partial charge in [0.2, 0.25) is 0 Å². The van der Waals surface area contributed by atoms with Gasteiger partial charge in [0.1, 0.15) is 6.61 Å². The molecule has 2 rings (SSSR count). The molecule has 170 valence electrons. The van der Waals surface area contributed by atoms with Gasteiger partial charge in [-0.15, -0.1) is 0 Å². The third kappa shape index (κ3) is 8.75. The predicted molar refractivity (Wildman–Crippen MR) is 114 cm³/mol. The van der Waals surface area contributed by atoms with E-state index in [-0.39, 0.29) is 6.61 Å². The molecule has 2 N–H and O–H groups in total. The lowest BCUT2D eigenvalue weighted by Gasteiger charge is -2.14. The molecule has 0 saturated carbocycles. The standard InChI is InChI=1S/C22H28F3N3O3/c1-26-21(27-10-9-16-7-8-19(29-2)20(12-16)30-3)28-13-17-5-4-6-18(11-17)14-31-15-22(23,24)25/h4-8,11-12H,9-10,13-15H2,1-3H3,(H2,26,27,28). The average Bonchev–Trinajstić information content (AvgIpc) is 2.75. The Bertz CT molecular complexity index is 857. The largest absolute Gasteiger partial charge is 0.493 e. The molecule has 6 nitrogen and oxygen atoms in total. The zero-order chi connectivity index (χ0) is 22.7. The van der Waals surface area contributed by atoms with Gasteiger partial charge in [0.25, 0.3) is 0 Å². The van der Waals surface area contributed by atoms with Crippen molar-refractivity contribution in [2.75, 3.05) is 34.4 Å². The summed E-state index contributed by atoms with van der Waals surface area (Å²) < 4.78 is 51.9. The minimum Gasteiger partial charge on any atom is -0.493 e. The molecule has 0 atom stereocenters. The van der Waals surface area contributed by atoms with Crippen LogP contribution in [-0.4, -0.2) is 46.6 Å². The van der Waals surface area contributed by atoms with Crippen LogP contribution in [0, 0.1) is 0 Å². The highest BCUT2D eigenvalue weighted by atomic mass is 19.4. The van der Waals surface area contributed by atoms with E-state index < -0.39 is 12.8 Å². The highest BCUT2D eigenvalue weighted by molar-refractivity contribution is 5.79. The first kappa shape index (κ1) is 24.3. The summed E-state index contributed by atoms with van der Waals surface area (Å²) in [4.78, 5) is 4.19. The first-order valence-corrected chi connectivity index (χ1v) is 9.72. The zero-order valence-corrected chi connectivity index (χ0v) is 17.9. The maximum Gasteiger partial charge on any atom is 0.411 e. The molecule has 0 radical (unpaired) electrons. The van der Waals surface area contributed by atoms with Crippen LogP contribution >= 0.6 is 0 Å². The predicted octanol–water partition coefficient (Wildman–Crippen LogP) is 3.69. The molecule has 0 bridgehead atoms. The topological polar surface area (TPSA) is 64.1 Å². The number of nitrogens with one attached hydrogen (secondary N) is 2. The Kier molecular flexibility index (Phi) is 9.45. The van der Waals surface area contributed by atoms with E-state index in [1.807, 2.05) is 24.3 Å². The van der Waals surface area contributed by atoms with Gasteiger partial charge >= 0.3 is 6.18 Å². The Labute approximate surface area is 180 Å². The smallest absolute Gasteiger partial charge is 0.411 e. The minimum absolute atomic E-state index is 0.0916. The van der Waals surface area contributed by atoms with Gasteiger partial charge in [0.15, 0.2) is 17.5 Å². The van der Waals surface area contributed by atoms with Crippen molar-refractivity contribution in [3.63, 3.8) is 0 Å². The second-order valence-corrected chi connectivity index (χ2v) is 6.72. The molecule has 0 saturated heterocycles. The monoisotopic (exact) mass is 439 g/mol. The quantitative estimate of drug-likeness (QED) is 0.437. The van der Waals surface area contributed by atoms with Crippen LogP contribution in [-0.2, 0) is 24.3 Å². The van der Waals surface area contributed by atoms with E-state index >= 15 is 0 Å². The number of methoxy groups -OCH3 is 2. The maximum atomic E-state index is 12.2. The third-order valence-corrected chi connectivity index (χ3v) is 4.36. The van der Waals surface area contributed by atoms with E-state index in [1.54, 1.807) is 39.5 Å². The van der Waals surface area contributed by atoms with Crippen LogP contribution in [0.25, 0.3) is 0 Å². The van der Waals surface area contributed by atoms with Gasteiger partial charge in [-0.1, -0.05) is 30.3 Å². The van der Waals surface area contributed by atoms with Crippen LogP contribution in [0.2, 0.25) is 0 Å². The minimum atomic E-state index is -4.33. The summed E-state index contributed by atoms with van der Waals surface area (Å²) in [5, 5.41) is 6.43. The van der Waals surface area contributed by atoms with Crippen LogP contribution in [0.3, 0.4) is 0 Å². The first-order chi connectivity index (χ1) is 14.8. The third-order valence-electron chi connectivity index (χ3n) is 4.36. The summed E-state index contributed by atoms with van der Waals surface area (Å²) in [5.74, 6) is 1.99. The van der Waals surface area contributed by atoms with Crippen molar-refractivity contribution in [3.05, 3.63) is 59.2 Å². The number of aliphatic imine (C=N–C) groups is 1. The van der Waals surface area contributed by atoms with E-state index in [0.717, 1.165) is 17.5 Å². The lowest BCUT2D eigenvalue weighted by Crippen LogP contribution is -2.37. The molecular weight excluding hydrogens is 411 g/mol. The van der Waals surface area contributed by atoms with Gasteiger partial charge in [-0.05, 0) is 35.2 Å². The van der Waals surface area contributed by atoms with Gasteiger partial charge in [-0.2, -0.15) is 13.2 Å². The fraction of sp³-hybridized carbons (Fsp3) is 0.409. The summed E-state index contributed by atoms with van der Waals surface area (Å²) >= 11 is 0. The van der Waals surface area contributed by atoms with Gasteiger partial charge in [-0.3, -0.25) is 4.99 Å². The molecule has 0 unspecified atom stereocenters. The van der Waals surface area contributed by atoms with Crippen molar-refractivity contribution < 1.29 is 27.4 Å². The van der Waals surface area contributed by atoms with E-state index in [1.165, 1.54) is 0 Å². The average molecular weight is 439 g/mol. The van der Waals surface area contributed by atoms with Crippen LogP contribution < -0.4 is 20.1 Å². The summed E-state index contributed by atoms with van der Waals surface area (Å²) in [7, 11) is 4.87. The van der Waals surface area contributed by atoms with E-state index in [4.69, 9.17) is 14.2 Å². The van der Waals surface area contributed by atoms with Crippen molar-refractivity contribution in [1.29, 1.82) is 0 Å². The molecule has 0 aliphatic carbocycles. The van der Waals surface area contributed by atoms with Crippen LogP contribution in [0.15, 0.2) is 47.5 Å². The number of ether oxygens (including phenoxy) is 3. The molecule has 9 heteroatoms. The van der Waals surface area contributed by atoms with Gasteiger partial charge in [0, 0.05) is 20.1 Å². The normalized spacial score (nSPS) is 11.9. The number of benzene rings is 2. The number of guanidine groups is 1. The molecule has 0 aliphatic rings. The van der Waals surface area contributed by atoms with Crippen LogP contribution in [0.4, 0.5) is 13.2 Å². The van der Waals surface area contributed by atoms with Crippen molar-refractivity contribution in [3.8, 4) is 11.5 Å². The number of halogens is 3. The molecule has 0 spiro atoms. The Hall–Kier alpha value is -2.94. The number of rotatable bonds is 10. The summed E-state index contributed by atoms with van der Waals surface area (Å²) in [6.07, 6.45) is -3.57. The Balaban J connectivity index is 1.80. The Morgan fingerprint density at radius 1 is 0.935 bits per heavy atom. The highest BCUT2D eigenvalue weighted by Gasteiger charge is 2.27. The van der Waals surface area contributed by atoms with Gasteiger partial charge in [-0.25, -0.2) is 0 Å². The van der Waals surface area contributed by atoms with E-state index in [0.29, 0.717) is 36.1 Å². The number of hydrogen-bond donors (Lipinski definition) is 2. The van der Waals surface area contributed by atoms with Crippen molar-refractivity contribution >= 4 is 5.96 Å². The molecule has 0 amide bonds. The summed E-state index contributed by atoms with van der Waals surface area (Å²) in [6, 6.07) is 13.0. The number of hydrogen-bond acceptors (Lipinski definition) is 4. The number of nitrogens with zero attached hydrogens (tertiary/aromatic N) is 1. The molecule has 0 aromatic heterocycles. The van der Waals surface area contributed by atoms with E-state index in [9.17, 15) is 13.2 Å². The van der Waals surface area contributed by atoms with E-state index in [2.05, 4.69) is 15.6 Å². The van der Waals surface area contributed by atoms with Crippen molar-refractivity contribution in [2.45, 2.75) is 25.7 Å². The summed E-state index contributed by atoms with van der Waals surface area (Å²) in [5.41, 5.74) is 2.68. The first-order valence-electron chi connectivity index (χ1n) is 9.72. The van der Waals surface area contributed by atoms with Crippen molar-refractivity contribution in [2.24, 2.45) is 4.99 Å². The fourth-order valence-electron chi connectivity index (χ4n) is 2.88. The zero-order valence-electron chi connectivity index (χ0n) is 17.9. The fourth-order valence-corrected chi connectivity index (χ4v) is 2.88. The van der Waals surface area contributed by atoms with Gasteiger partial charge < -0.3 is 24.8 Å². The maximum absolute atomic E-state index is 12.2. The second-order valence-electron chi connectivity index (χ2n) is 6.72. The molecule has 0 heterocycles.